The van der Waals surface area contributed by atoms with Gasteiger partial charge in [0.25, 0.3) is 0 Å². The Bertz CT molecular complexity index is 891. The summed E-state index contributed by atoms with van der Waals surface area (Å²) in [7, 11) is 3.15. The van der Waals surface area contributed by atoms with E-state index in [0.29, 0.717) is 40.4 Å². The molecule has 0 radical (unpaired) electrons. The van der Waals surface area contributed by atoms with Crippen molar-refractivity contribution in [1.82, 2.24) is 15.6 Å². The number of halogens is 2. The van der Waals surface area contributed by atoms with Gasteiger partial charge >= 0.3 is 6.03 Å². The van der Waals surface area contributed by atoms with Gasteiger partial charge in [-0.05, 0) is 43.9 Å². The fourth-order valence-electron chi connectivity index (χ4n) is 3.75. The standard InChI is InChI=1S/C22H28ClFN4O3/c1-30-10-9-25-15-4-6-16(7-5-15)27-22(29)28-21-12-18(19(23)13-26-21)17-8-3-14(24)11-20(17)31-2/h3,8,11-13,15-16,25H,4-7,9-10H2,1-2H3,(H2,26,27,28,29). The van der Waals surface area contributed by atoms with Crippen LogP contribution in [-0.2, 0) is 4.74 Å². The van der Waals surface area contributed by atoms with Gasteiger partial charge in [-0.25, -0.2) is 14.2 Å². The first-order chi connectivity index (χ1) is 15.0. The van der Waals surface area contributed by atoms with E-state index in [-0.39, 0.29) is 12.1 Å². The predicted molar refractivity (Wildman–Crippen MR) is 119 cm³/mol. The minimum absolute atomic E-state index is 0.115. The van der Waals surface area contributed by atoms with Gasteiger partial charge in [-0.15, -0.1) is 0 Å². The lowest BCUT2D eigenvalue weighted by Crippen LogP contribution is -2.44. The minimum atomic E-state index is -0.410. The second kappa shape index (κ2) is 11.3. The number of pyridine rings is 1. The molecule has 3 N–H and O–H groups in total. The molecule has 168 valence electrons. The third kappa shape index (κ3) is 6.53. The number of carbonyl (C=O) groups is 1. The summed E-state index contributed by atoms with van der Waals surface area (Å²) in [5, 5.41) is 9.61. The molecule has 2 aromatic rings. The summed E-state index contributed by atoms with van der Waals surface area (Å²) >= 11 is 6.30. The minimum Gasteiger partial charge on any atom is -0.496 e. The van der Waals surface area contributed by atoms with Gasteiger partial charge in [0.15, 0.2) is 0 Å². The third-order valence-corrected chi connectivity index (χ3v) is 5.65. The molecule has 0 saturated heterocycles. The number of hydrogen-bond donors (Lipinski definition) is 3. The van der Waals surface area contributed by atoms with Gasteiger partial charge in [0.2, 0.25) is 0 Å². The molecule has 7 nitrogen and oxygen atoms in total. The van der Waals surface area contributed by atoms with Crippen LogP contribution < -0.4 is 20.7 Å². The van der Waals surface area contributed by atoms with E-state index in [4.69, 9.17) is 21.1 Å². The van der Waals surface area contributed by atoms with Crippen molar-refractivity contribution in [3.05, 3.63) is 41.3 Å². The van der Waals surface area contributed by atoms with E-state index < -0.39 is 5.82 Å². The van der Waals surface area contributed by atoms with E-state index in [0.717, 1.165) is 32.2 Å². The number of carbonyl (C=O) groups excluding carboxylic acids is 1. The Kier molecular flexibility index (Phi) is 8.45. The number of aromatic nitrogens is 1. The van der Waals surface area contributed by atoms with Crippen LogP contribution in [0.5, 0.6) is 5.75 Å². The monoisotopic (exact) mass is 450 g/mol. The zero-order valence-corrected chi connectivity index (χ0v) is 18.5. The highest BCUT2D eigenvalue weighted by Crippen LogP contribution is 2.36. The van der Waals surface area contributed by atoms with Gasteiger partial charge in [0, 0.05) is 49.1 Å². The third-order valence-electron chi connectivity index (χ3n) is 5.35. The first-order valence-corrected chi connectivity index (χ1v) is 10.7. The van der Waals surface area contributed by atoms with Gasteiger partial charge in [0.1, 0.15) is 17.4 Å². The molecule has 0 bridgehead atoms. The molecule has 1 aliphatic carbocycles. The molecule has 9 heteroatoms. The lowest BCUT2D eigenvalue weighted by atomic mass is 9.91. The van der Waals surface area contributed by atoms with Gasteiger partial charge in [0.05, 0.1) is 18.7 Å². The fourth-order valence-corrected chi connectivity index (χ4v) is 3.95. The van der Waals surface area contributed by atoms with Crippen LogP contribution >= 0.6 is 11.6 Å². The van der Waals surface area contributed by atoms with Gasteiger partial charge in [-0.1, -0.05) is 11.6 Å². The molecule has 1 saturated carbocycles. The molecule has 2 amide bonds. The summed E-state index contributed by atoms with van der Waals surface area (Å²) in [6, 6.07) is 6.10. The van der Waals surface area contributed by atoms with Crippen molar-refractivity contribution >= 4 is 23.4 Å². The lowest BCUT2D eigenvalue weighted by molar-refractivity contribution is 0.190. The summed E-state index contributed by atoms with van der Waals surface area (Å²) < 4.78 is 23.9. The number of nitrogens with one attached hydrogen (secondary N) is 3. The Morgan fingerprint density at radius 1 is 1.16 bits per heavy atom. The molecule has 0 unspecified atom stereocenters. The van der Waals surface area contributed by atoms with Crippen molar-refractivity contribution in [3.63, 3.8) is 0 Å². The van der Waals surface area contributed by atoms with Crippen LogP contribution in [0.1, 0.15) is 25.7 Å². The van der Waals surface area contributed by atoms with Crippen LogP contribution in [-0.4, -0.2) is 50.5 Å². The molecular formula is C22H28ClFN4O3. The maximum Gasteiger partial charge on any atom is 0.320 e. The van der Waals surface area contributed by atoms with Crippen LogP contribution in [0.25, 0.3) is 11.1 Å². The number of anilines is 1. The van der Waals surface area contributed by atoms with Crippen LogP contribution in [0.3, 0.4) is 0 Å². The largest absolute Gasteiger partial charge is 0.496 e. The fraction of sp³-hybridized carbons (Fsp3) is 0.455. The molecule has 0 aliphatic heterocycles. The zero-order valence-electron chi connectivity index (χ0n) is 17.7. The number of urea groups is 1. The second-order valence-electron chi connectivity index (χ2n) is 7.49. The average Bonchev–Trinajstić information content (AvgIpc) is 2.76. The molecule has 1 aromatic carbocycles. The SMILES string of the molecule is COCCNC1CCC(NC(=O)Nc2cc(-c3ccc(F)cc3OC)c(Cl)cn2)CC1. The summed E-state index contributed by atoms with van der Waals surface area (Å²) in [4.78, 5) is 16.7. The Balaban J connectivity index is 1.59. The van der Waals surface area contributed by atoms with Crippen molar-refractivity contribution < 1.29 is 18.7 Å². The Labute approximate surface area is 186 Å². The average molecular weight is 451 g/mol. The number of ether oxygens (including phenoxy) is 2. The highest BCUT2D eigenvalue weighted by Gasteiger charge is 2.22. The number of rotatable bonds is 8. The van der Waals surface area contributed by atoms with Crippen LogP contribution in [0.4, 0.5) is 15.0 Å². The number of amides is 2. The van der Waals surface area contributed by atoms with Crippen molar-refractivity contribution in [3.8, 4) is 16.9 Å². The van der Waals surface area contributed by atoms with E-state index in [1.807, 2.05) is 0 Å². The Morgan fingerprint density at radius 3 is 2.61 bits per heavy atom. The normalized spacial score (nSPS) is 18.5. The van der Waals surface area contributed by atoms with Crippen LogP contribution in [0.15, 0.2) is 30.5 Å². The summed E-state index contributed by atoms with van der Waals surface area (Å²) in [5.41, 5.74) is 1.20. The van der Waals surface area contributed by atoms with E-state index in [1.54, 1.807) is 19.2 Å². The highest BCUT2D eigenvalue weighted by molar-refractivity contribution is 6.33. The molecule has 1 aromatic heterocycles. The second-order valence-corrected chi connectivity index (χ2v) is 7.90. The van der Waals surface area contributed by atoms with E-state index in [1.165, 1.54) is 25.4 Å². The molecule has 3 rings (SSSR count). The first-order valence-electron chi connectivity index (χ1n) is 10.3. The van der Waals surface area contributed by atoms with Crippen molar-refractivity contribution in [2.45, 2.75) is 37.8 Å². The van der Waals surface area contributed by atoms with E-state index >= 15 is 0 Å². The smallest absolute Gasteiger partial charge is 0.320 e. The molecule has 1 heterocycles. The van der Waals surface area contributed by atoms with E-state index in [9.17, 15) is 9.18 Å². The molecule has 1 fully saturated rings. The van der Waals surface area contributed by atoms with Gasteiger partial charge in [-0.3, -0.25) is 5.32 Å². The maximum atomic E-state index is 13.5. The summed E-state index contributed by atoms with van der Waals surface area (Å²) in [6.07, 6.45) is 5.27. The molecule has 31 heavy (non-hydrogen) atoms. The number of methoxy groups -OCH3 is 2. The number of benzene rings is 1. The topological polar surface area (TPSA) is 84.5 Å². The molecule has 1 aliphatic rings. The van der Waals surface area contributed by atoms with E-state index in [2.05, 4.69) is 20.9 Å². The van der Waals surface area contributed by atoms with Crippen LogP contribution in [0.2, 0.25) is 5.02 Å². The molecule has 0 spiro atoms. The number of nitrogens with zero attached hydrogens (tertiary/aromatic N) is 1. The highest BCUT2D eigenvalue weighted by atomic mass is 35.5. The Hall–Kier alpha value is -2.42. The van der Waals surface area contributed by atoms with Crippen molar-refractivity contribution in [1.29, 1.82) is 0 Å². The lowest BCUT2D eigenvalue weighted by Gasteiger charge is -2.29. The summed E-state index contributed by atoms with van der Waals surface area (Å²) in [5.74, 6) is 0.282. The first kappa shape index (κ1) is 23.2. The van der Waals surface area contributed by atoms with Crippen molar-refractivity contribution in [2.24, 2.45) is 0 Å². The quantitative estimate of drug-likeness (QED) is 0.524. The summed E-state index contributed by atoms with van der Waals surface area (Å²) in [6.45, 7) is 1.53. The molecule has 0 atom stereocenters. The van der Waals surface area contributed by atoms with Gasteiger partial charge in [-0.2, -0.15) is 0 Å². The maximum absolute atomic E-state index is 13.5. The van der Waals surface area contributed by atoms with Crippen LogP contribution in [0, 0.1) is 5.82 Å². The van der Waals surface area contributed by atoms with Crippen molar-refractivity contribution in [2.75, 3.05) is 32.7 Å². The van der Waals surface area contributed by atoms with Gasteiger partial charge < -0.3 is 20.1 Å². The zero-order chi connectivity index (χ0) is 22.2. The predicted octanol–water partition coefficient (Wildman–Crippen LogP) is 4.22. The molecular weight excluding hydrogens is 423 g/mol. The number of hydrogen-bond acceptors (Lipinski definition) is 5. The Morgan fingerprint density at radius 2 is 1.90 bits per heavy atom.